The molecule has 1 aromatic heterocycles. The number of rotatable bonds is 8. The van der Waals surface area contributed by atoms with Gasteiger partial charge in [0.1, 0.15) is 5.75 Å². The number of carbonyl (C=O) groups excluding carboxylic acids is 1. The van der Waals surface area contributed by atoms with Crippen LogP contribution in [0.4, 0.5) is 8.78 Å². The van der Waals surface area contributed by atoms with E-state index in [0.29, 0.717) is 35.9 Å². The predicted molar refractivity (Wildman–Crippen MR) is 119 cm³/mol. The molecule has 0 saturated heterocycles. The summed E-state index contributed by atoms with van der Waals surface area (Å²) in [6, 6.07) is 21.0. The van der Waals surface area contributed by atoms with Crippen LogP contribution in [0.1, 0.15) is 21.5 Å². The molecule has 4 rings (SSSR count). The Labute approximate surface area is 189 Å². The van der Waals surface area contributed by atoms with Crippen molar-refractivity contribution in [3.63, 3.8) is 0 Å². The number of nitrogens with one attached hydrogen (secondary N) is 1. The number of hydrogen-bond donors (Lipinski definition) is 1. The predicted octanol–water partition coefficient (Wildman–Crippen LogP) is 5.29. The summed E-state index contributed by atoms with van der Waals surface area (Å²) in [5.41, 5.74) is 4.02. The Hall–Kier alpha value is -4.07. The van der Waals surface area contributed by atoms with Gasteiger partial charge in [-0.15, -0.1) is 10.2 Å². The topological polar surface area (TPSA) is 77.2 Å². The van der Waals surface area contributed by atoms with Crippen molar-refractivity contribution < 1.29 is 22.7 Å². The number of alkyl halides is 2. The first-order valence-electron chi connectivity index (χ1n) is 10.3. The fraction of sp³-hybridized carbons (Fsp3) is 0.160. The first-order valence-corrected chi connectivity index (χ1v) is 10.3. The minimum Gasteiger partial charge on any atom is -0.435 e. The largest absolute Gasteiger partial charge is 0.435 e. The Morgan fingerprint density at radius 1 is 0.970 bits per heavy atom. The van der Waals surface area contributed by atoms with Crippen LogP contribution in [0, 0.1) is 6.92 Å². The Bertz CT molecular complexity index is 1220. The summed E-state index contributed by atoms with van der Waals surface area (Å²) in [7, 11) is 0. The van der Waals surface area contributed by atoms with Gasteiger partial charge in [0.25, 0.3) is 5.91 Å². The van der Waals surface area contributed by atoms with Crippen molar-refractivity contribution in [3.05, 3.63) is 89.5 Å². The zero-order valence-electron chi connectivity index (χ0n) is 17.8. The monoisotopic (exact) mass is 449 g/mol. The number of ether oxygens (including phenoxy) is 1. The van der Waals surface area contributed by atoms with Crippen LogP contribution in [0.3, 0.4) is 0 Å². The number of carbonyl (C=O) groups is 1. The molecule has 1 heterocycles. The standard InChI is InChI=1S/C25H21F2N3O3/c1-16-4-2-3-5-21(16)24-30-29-23(33-24)19-10-8-18(9-11-19)22(31)28-15-14-17-6-12-20(13-7-17)32-25(26)27/h2-13,25H,14-15H2,1H3,(H,28,31). The van der Waals surface area contributed by atoms with Crippen LogP contribution in [0.15, 0.2) is 77.2 Å². The van der Waals surface area contributed by atoms with Gasteiger partial charge in [-0.05, 0) is 66.9 Å². The summed E-state index contributed by atoms with van der Waals surface area (Å²) in [6.45, 7) is -0.473. The number of nitrogens with zero attached hydrogens (tertiary/aromatic N) is 2. The van der Waals surface area contributed by atoms with Crippen molar-refractivity contribution in [2.75, 3.05) is 6.54 Å². The van der Waals surface area contributed by atoms with Crippen molar-refractivity contribution in [1.29, 1.82) is 0 Å². The molecular formula is C25H21F2N3O3. The Morgan fingerprint density at radius 2 is 1.67 bits per heavy atom. The van der Waals surface area contributed by atoms with Gasteiger partial charge in [-0.1, -0.05) is 30.3 Å². The second kappa shape index (κ2) is 10.0. The molecule has 0 aliphatic carbocycles. The number of hydrogen-bond acceptors (Lipinski definition) is 5. The molecule has 0 radical (unpaired) electrons. The van der Waals surface area contributed by atoms with Gasteiger partial charge < -0.3 is 14.5 Å². The van der Waals surface area contributed by atoms with Crippen molar-refractivity contribution >= 4 is 5.91 Å². The summed E-state index contributed by atoms with van der Waals surface area (Å²) < 4.78 is 34.5. The molecule has 1 N–H and O–H groups in total. The third kappa shape index (κ3) is 5.60. The van der Waals surface area contributed by atoms with Gasteiger partial charge in [-0.2, -0.15) is 8.78 Å². The summed E-state index contributed by atoms with van der Waals surface area (Å²) in [4.78, 5) is 12.4. The molecule has 0 fully saturated rings. The smallest absolute Gasteiger partial charge is 0.387 e. The highest BCUT2D eigenvalue weighted by Crippen LogP contribution is 2.26. The minimum absolute atomic E-state index is 0.102. The molecule has 4 aromatic rings. The normalized spacial score (nSPS) is 10.9. The minimum atomic E-state index is -2.85. The molecule has 0 bridgehead atoms. The van der Waals surface area contributed by atoms with E-state index in [0.717, 1.165) is 16.7 Å². The van der Waals surface area contributed by atoms with E-state index in [-0.39, 0.29) is 11.7 Å². The van der Waals surface area contributed by atoms with Gasteiger partial charge in [-0.3, -0.25) is 4.79 Å². The molecular weight excluding hydrogens is 428 g/mol. The van der Waals surface area contributed by atoms with Crippen LogP contribution < -0.4 is 10.1 Å². The first kappa shape index (κ1) is 22.1. The zero-order valence-corrected chi connectivity index (χ0v) is 17.8. The van der Waals surface area contributed by atoms with Crippen LogP contribution in [0.5, 0.6) is 5.75 Å². The van der Waals surface area contributed by atoms with E-state index >= 15 is 0 Å². The number of aryl methyl sites for hydroxylation is 1. The third-order valence-corrected chi connectivity index (χ3v) is 5.04. The lowest BCUT2D eigenvalue weighted by Crippen LogP contribution is -2.25. The molecule has 0 unspecified atom stereocenters. The summed E-state index contributed by atoms with van der Waals surface area (Å²) >= 11 is 0. The van der Waals surface area contributed by atoms with E-state index in [1.54, 1.807) is 36.4 Å². The molecule has 0 spiro atoms. The second-order valence-corrected chi connectivity index (χ2v) is 7.33. The fourth-order valence-electron chi connectivity index (χ4n) is 3.29. The second-order valence-electron chi connectivity index (χ2n) is 7.33. The highest BCUT2D eigenvalue weighted by Gasteiger charge is 2.13. The van der Waals surface area contributed by atoms with E-state index in [1.807, 2.05) is 31.2 Å². The van der Waals surface area contributed by atoms with Crippen LogP contribution in [0.25, 0.3) is 22.9 Å². The Balaban J connectivity index is 1.33. The van der Waals surface area contributed by atoms with Crippen LogP contribution in [0.2, 0.25) is 0 Å². The highest BCUT2D eigenvalue weighted by atomic mass is 19.3. The average molecular weight is 449 g/mol. The molecule has 0 saturated carbocycles. The third-order valence-electron chi connectivity index (χ3n) is 5.04. The van der Waals surface area contributed by atoms with Crippen molar-refractivity contribution in [3.8, 4) is 28.7 Å². The SMILES string of the molecule is Cc1ccccc1-c1nnc(-c2ccc(C(=O)NCCc3ccc(OC(F)F)cc3)cc2)o1. The highest BCUT2D eigenvalue weighted by molar-refractivity contribution is 5.94. The molecule has 0 atom stereocenters. The van der Waals surface area contributed by atoms with Crippen LogP contribution in [-0.4, -0.2) is 29.3 Å². The molecule has 33 heavy (non-hydrogen) atoms. The summed E-state index contributed by atoms with van der Waals surface area (Å²) in [5.74, 6) is 0.702. The maximum absolute atomic E-state index is 12.4. The number of halogens is 2. The zero-order chi connectivity index (χ0) is 23.2. The van der Waals surface area contributed by atoms with Gasteiger partial charge in [-0.25, -0.2) is 0 Å². The van der Waals surface area contributed by atoms with E-state index in [2.05, 4.69) is 20.3 Å². The van der Waals surface area contributed by atoms with Gasteiger partial charge >= 0.3 is 6.61 Å². The number of amides is 1. The molecule has 3 aromatic carbocycles. The number of benzene rings is 3. The van der Waals surface area contributed by atoms with Gasteiger partial charge in [0, 0.05) is 23.2 Å². The van der Waals surface area contributed by atoms with Crippen molar-refractivity contribution in [1.82, 2.24) is 15.5 Å². The number of aromatic nitrogens is 2. The van der Waals surface area contributed by atoms with Gasteiger partial charge in [0.15, 0.2) is 0 Å². The molecule has 168 valence electrons. The van der Waals surface area contributed by atoms with E-state index < -0.39 is 6.61 Å². The lowest BCUT2D eigenvalue weighted by Gasteiger charge is -2.07. The molecule has 0 aliphatic rings. The van der Waals surface area contributed by atoms with Crippen LogP contribution >= 0.6 is 0 Å². The first-order chi connectivity index (χ1) is 16.0. The van der Waals surface area contributed by atoms with Gasteiger partial charge in [0.2, 0.25) is 11.8 Å². The molecule has 0 aliphatic heterocycles. The van der Waals surface area contributed by atoms with E-state index in [9.17, 15) is 13.6 Å². The average Bonchev–Trinajstić information content (AvgIpc) is 3.30. The molecule has 8 heteroatoms. The summed E-state index contributed by atoms with van der Waals surface area (Å²) in [6.07, 6.45) is 0.558. The van der Waals surface area contributed by atoms with E-state index in [1.165, 1.54) is 12.1 Å². The van der Waals surface area contributed by atoms with E-state index in [4.69, 9.17) is 4.42 Å². The maximum atomic E-state index is 12.4. The van der Waals surface area contributed by atoms with Gasteiger partial charge in [0.05, 0.1) is 0 Å². The maximum Gasteiger partial charge on any atom is 0.387 e. The fourth-order valence-corrected chi connectivity index (χ4v) is 3.29. The lowest BCUT2D eigenvalue weighted by molar-refractivity contribution is -0.0498. The molecule has 1 amide bonds. The van der Waals surface area contributed by atoms with Crippen molar-refractivity contribution in [2.24, 2.45) is 0 Å². The van der Waals surface area contributed by atoms with Crippen molar-refractivity contribution in [2.45, 2.75) is 20.0 Å². The summed E-state index contributed by atoms with van der Waals surface area (Å²) in [5, 5.41) is 11.1. The lowest BCUT2D eigenvalue weighted by atomic mass is 10.1. The Morgan fingerprint density at radius 3 is 2.36 bits per heavy atom. The molecule has 6 nitrogen and oxygen atoms in total. The quantitative estimate of drug-likeness (QED) is 0.396. The Kier molecular flexibility index (Phi) is 6.73. The van der Waals surface area contributed by atoms with Crippen LogP contribution in [-0.2, 0) is 6.42 Å².